The first-order valence-electron chi connectivity index (χ1n) is 8.09. The Morgan fingerprint density at radius 3 is 2.91 bits per heavy atom. The number of anilines is 1. The maximum Gasteiger partial charge on any atom is 0.224 e. The summed E-state index contributed by atoms with van der Waals surface area (Å²) in [6.07, 6.45) is 4.73. The lowest BCUT2D eigenvalue weighted by Crippen LogP contribution is -2.33. The van der Waals surface area contributed by atoms with Crippen LogP contribution in [0.5, 0.6) is 0 Å². The van der Waals surface area contributed by atoms with Crippen LogP contribution in [0, 0.1) is 5.92 Å². The molecule has 3 rings (SSSR count). The van der Waals surface area contributed by atoms with E-state index in [9.17, 15) is 4.79 Å². The van der Waals surface area contributed by atoms with Crippen molar-refractivity contribution >= 4 is 11.6 Å². The molecular weight excluding hydrogens is 290 g/mol. The van der Waals surface area contributed by atoms with E-state index in [1.165, 1.54) is 12.0 Å². The third kappa shape index (κ3) is 4.09. The zero-order valence-corrected chi connectivity index (χ0v) is 13.5. The third-order valence-corrected chi connectivity index (χ3v) is 4.39. The summed E-state index contributed by atoms with van der Waals surface area (Å²) in [6.45, 7) is 3.49. The lowest BCUT2D eigenvalue weighted by Gasteiger charge is -2.22. The van der Waals surface area contributed by atoms with Crippen LogP contribution in [0.1, 0.15) is 12.8 Å². The molecule has 0 spiro atoms. The average Bonchev–Trinajstić information content (AvgIpc) is 3.25. The molecule has 0 radical (unpaired) electrons. The topological polar surface area (TPSA) is 54.3 Å². The van der Waals surface area contributed by atoms with Gasteiger partial charge in [-0.15, -0.1) is 0 Å². The van der Waals surface area contributed by atoms with Crippen LogP contribution in [-0.2, 0) is 11.3 Å². The van der Waals surface area contributed by atoms with Crippen LogP contribution >= 0.6 is 0 Å². The van der Waals surface area contributed by atoms with Crippen molar-refractivity contribution in [2.75, 3.05) is 31.6 Å². The smallest absolute Gasteiger partial charge is 0.224 e. The highest BCUT2D eigenvalue weighted by Gasteiger charge is 2.24. The van der Waals surface area contributed by atoms with Gasteiger partial charge in [-0.2, -0.15) is 5.10 Å². The minimum Gasteiger partial charge on any atom is -0.371 e. The van der Waals surface area contributed by atoms with Gasteiger partial charge in [0.1, 0.15) is 12.7 Å². The van der Waals surface area contributed by atoms with Crippen LogP contribution in [0.2, 0.25) is 0 Å². The standard InChI is InChI=1S/C17H23N5O/c1-20(17(23)8-10-22-14-18-13-19-22)11-15-7-9-21(12-15)16-5-3-2-4-6-16/h2-6,13-15H,7-12H2,1H3/t15-/m0/s1. The number of amides is 1. The lowest BCUT2D eigenvalue weighted by atomic mass is 10.1. The molecule has 0 unspecified atom stereocenters. The minimum absolute atomic E-state index is 0.165. The first-order valence-corrected chi connectivity index (χ1v) is 8.09. The number of hydrogen-bond donors (Lipinski definition) is 0. The number of nitrogens with zero attached hydrogens (tertiary/aromatic N) is 5. The Morgan fingerprint density at radius 2 is 2.17 bits per heavy atom. The van der Waals surface area contributed by atoms with Crippen LogP contribution in [0.4, 0.5) is 5.69 Å². The Kier molecular flexibility index (Phi) is 4.90. The van der Waals surface area contributed by atoms with Gasteiger partial charge in [-0.05, 0) is 24.5 Å². The van der Waals surface area contributed by atoms with Crippen molar-refractivity contribution in [1.82, 2.24) is 19.7 Å². The fraction of sp³-hybridized carbons (Fsp3) is 0.471. The van der Waals surface area contributed by atoms with Gasteiger partial charge < -0.3 is 9.80 Å². The van der Waals surface area contributed by atoms with Crippen molar-refractivity contribution < 1.29 is 4.79 Å². The molecule has 1 atom stereocenters. The highest BCUT2D eigenvalue weighted by molar-refractivity contribution is 5.75. The largest absolute Gasteiger partial charge is 0.371 e. The number of aromatic nitrogens is 3. The quantitative estimate of drug-likeness (QED) is 0.814. The second-order valence-corrected chi connectivity index (χ2v) is 6.12. The molecule has 6 heteroatoms. The first kappa shape index (κ1) is 15.5. The summed E-state index contributed by atoms with van der Waals surface area (Å²) in [4.78, 5) is 20.4. The van der Waals surface area contributed by atoms with Crippen LogP contribution in [-0.4, -0.2) is 52.3 Å². The Balaban J connectivity index is 1.45. The molecule has 6 nitrogen and oxygen atoms in total. The molecule has 2 aromatic rings. The van der Waals surface area contributed by atoms with Gasteiger partial charge in [0.2, 0.25) is 5.91 Å². The van der Waals surface area contributed by atoms with Gasteiger partial charge in [0, 0.05) is 38.8 Å². The third-order valence-electron chi connectivity index (χ3n) is 4.39. The summed E-state index contributed by atoms with van der Waals surface area (Å²) in [5.74, 6) is 0.703. The molecule has 1 aliphatic rings. The molecule has 0 N–H and O–H groups in total. The zero-order chi connectivity index (χ0) is 16.1. The Hall–Kier alpha value is -2.37. The number of hydrogen-bond acceptors (Lipinski definition) is 4. The molecule has 0 bridgehead atoms. The van der Waals surface area contributed by atoms with Gasteiger partial charge in [-0.25, -0.2) is 4.98 Å². The van der Waals surface area contributed by atoms with Crippen molar-refractivity contribution in [3.63, 3.8) is 0 Å². The van der Waals surface area contributed by atoms with Gasteiger partial charge in [-0.1, -0.05) is 18.2 Å². The van der Waals surface area contributed by atoms with E-state index >= 15 is 0 Å². The predicted molar refractivity (Wildman–Crippen MR) is 89.0 cm³/mol. The Labute approximate surface area is 136 Å². The van der Waals surface area contributed by atoms with Crippen LogP contribution in [0.3, 0.4) is 0 Å². The van der Waals surface area contributed by atoms with Gasteiger partial charge >= 0.3 is 0 Å². The summed E-state index contributed by atoms with van der Waals surface area (Å²) < 4.78 is 1.69. The van der Waals surface area contributed by atoms with E-state index in [1.54, 1.807) is 11.0 Å². The number of rotatable bonds is 6. The molecule has 23 heavy (non-hydrogen) atoms. The number of carbonyl (C=O) groups excluding carboxylic acids is 1. The van der Waals surface area contributed by atoms with Crippen molar-refractivity contribution in [2.45, 2.75) is 19.4 Å². The normalized spacial score (nSPS) is 17.4. The van der Waals surface area contributed by atoms with E-state index in [1.807, 2.05) is 18.0 Å². The molecule has 1 saturated heterocycles. The monoisotopic (exact) mass is 313 g/mol. The van der Waals surface area contributed by atoms with Gasteiger partial charge in [0.15, 0.2) is 0 Å². The maximum absolute atomic E-state index is 12.2. The Bertz CT molecular complexity index is 613. The SMILES string of the molecule is CN(C[C@@H]1CCN(c2ccccc2)C1)C(=O)CCn1cncn1. The van der Waals surface area contributed by atoms with E-state index in [4.69, 9.17) is 0 Å². The maximum atomic E-state index is 12.2. The van der Waals surface area contributed by atoms with E-state index in [0.29, 0.717) is 18.9 Å². The van der Waals surface area contributed by atoms with Crippen LogP contribution in [0.15, 0.2) is 43.0 Å². The number of benzene rings is 1. The van der Waals surface area contributed by atoms with E-state index < -0.39 is 0 Å². The zero-order valence-electron chi connectivity index (χ0n) is 13.5. The van der Waals surface area contributed by atoms with E-state index in [-0.39, 0.29) is 5.91 Å². The van der Waals surface area contributed by atoms with Crippen LogP contribution < -0.4 is 4.90 Å². The van der Waals surface area contributed by atoms with Crippen molar-refractivity contribution in [3.05, 3.63) is 43.0 Å². The van der Waals surface area contributed by atoms with Crippen molar-refractivity contribution in [2.24, 2.45) is 5.92 Å². The molecule has 1 aliphatic heterocycles. The summed E-state index contributed by atoms with van der Waals surface area (Å²) >= 11 is 0. The fourth-order valence-electron chi connectivity index (χ4n) is 3.09. The molecule has 2 heterocycles. The van der Waals surface area contributed by atoms with Crippen molar-refractivity contribution in [3.8, 4) is 0 Å². The second kappa shape index (κ2) is 7.26. The number of aryl methyl sites for hydroxylation is 1. The molecular formula is C17H23N5O. The molecule has 0 aliphatic carbocycles. The molecule has 1 aromatic carbocycles. The summed E-state index contributed by atoms with van der Waals surface area (Å²) in [5, 5.41) is 4.02. The lowest BCUT2D eigenvalue weighted by molar-refractivity contribution is -0.130. The molecule has 122 valence electrons. The highest BCUT2D eigenvalue weighted by Crippen LogP contribution is 2.23. The van der Waals surface area contributed by atoms with E-state index in [0.717, 1.165) is 26.1 Å². The van der Waals surface area contributed by atoms with Gasteiger partial charge in [0.05, 0.1) is 6.54 Å². The summed E-state index contributed by atoms with van der Waals surface area (Å²) in [7, 11) is 1.90. The number of para-hydroxylation sites is 1. The number of carbonyl (C=O) groups is 1. The van der Waals surface area contributed by atoms with Gasteiger partial charge in [0.25, 0.3) is 0 Å². The highest BCUT2D eigenvalue weighted by atomic mass is 16.2. The average molecular weight is 313 g/mol. The Morgan fingerprint density at radius 1 is 1.35 bits per heavy atom. The van der Waals surface area contributed by atoms with Crippen LogP contribution in [0.25, 0.3) is 0 Å². The van der Waals surface area contributed by atoms with E-state index in [2.05, 4.69) is 39.2 Å². The molecule has 1 aromatic heterocycles. The van der Waals surface area contributed by atoms with Gasteiger partial charge in [-0.3, -0.25) is 9.48 Å². The summed E-state index contributed by atoms with van der Waals surface area (Å²) in [5.41, 5.74) is 1.27. The summed E-state index contributed by atoms with van der Waals surface area (Å²) in [6, 6.07) is 10.5. The molecule has 1 amide bonds. The second-order valence-electron chi connectivity index (χ2n) is 6.12. The fourth-order valence-corrected chi connectivity index (χ4v) is 3.09. The molecule has 0 saturated carbocycles. The predicted octanol–water partition coefficient (Wildman–Crippen LogP) is 1.65. The van der Waals surface area contributed by atoms with Crippen molar-refractivity contribution in [1.29, 1.82) is 0 Å². The molecule has 1 fully saturated rings. The first-order chi connectivity index (χ1) is 11.2. The minimum atomic E-state index is 0.165.